The van der Waals surface area contributed by atoms with Gasteiger partial charge in [0.05, 0.1) is 13.2 Å². The molecule has 2 aliphatic rings. The highest BCUT2D eigenvalue weighted by Crippen LogP contribution is 2.28. The number of esters is 1. The van der Waals surface area contributed by atoms with Crippen LogP contribution in [0.15, 0.2) is 23.8 Å². The first kappa shape index (κ1) is 31.9. The highest BCUT2D eigenvalue weighted by Gasteiger charge is 2.25. The van der Waals surface area contributed by atoms with E-state index < -0.39 is 19.3 Å². The van der Waals surface area contributed by atoms with Crippen molar-refractivity contribution < 1.29 is 28.5 Å². The maximum atomic E-state index is 11.4. The molecule has 0 aliphatic heterocycles. The zero-order valence-electron chi connectivity index (χ0n) is 20.5. The standard InChI is InChI=1S/C10H19NO4.C9H15FO.C3H6.C2H6/c1-3-14-10(13)11-7(2)9(12)15-6-8-4-5-8;1-3-5-9(2)6-4-7-11-8-10;1-2-3-1;1-2/h7-8,10-11,13H,3-6H2,1-2H3;4-6H,3,7-8H2,1-2H3;1-3H2;1-2H3/b;6-4-,9-5-;;. The molecule has 2 saturated carbocycles. The van der Waals surface area contributed by atoms with Crippen LogP contribution in [0.1, 0.15) is 80.1 Å². The molecule has 0 aromatic carbocycles. The number of rotatable bonds is 12. The molecule has 0 heterocycles. The highest BCUT2D eigenvalue weighted by atomic mass is 19.1. The third-order valence-electron chi connectivity index (χ3n) is 3.78. The normalized spacial score (nSPS) is 16.6. The van der Waals surface area contributed by atoms with E-state index in [0.717, 1.165) is 19.3 Å². The lowest BCUT2D eigenvalue weighted by atomic mass is 10.2. The largest absolute Gasteiger partial charge is 0.464 e. The summed E-state index contributed by atoms with van der Waals surface area (Å²) < 4.78 is 25.8. The Labute approximate surface area is 189 Å². The predicted octanol–water partition coefficient (Wildman–Crippen LogP) is 5.27. The van der Waals surface area contributed by atoms with E-state index in [-0.39, 0.29) is 5.97 Å². The molecule has 6 nitrogen and oxygen atoms in total. The molecule has 0 amide bonds. The summed E-state index contributed by atoms with van der Waals surface area (Å²) in [6.45, 7) is 12.0. The van der Waals surface area contributed by atoms with Crippen molar-refractivity contribution in [2.45, 2.75) is 92.5 Å². The van der Waals surface area contributed by atoms with Crippen molar-refractivity contribution in [1.82, 2.24) is 5.32 Å². The van der Waals surface area contributed by atoms with Crippen molar-refractivity contribution in [1.29, 1.82) is 0 Å². The molecule has 0 bridgehead atoms. The first-order chi connectivity index (χ1) is 14.9. The second-order valence-corrected chi connectivity index (χ2v) is 7.07. The number of carbonyl (C=O) groups excluding carboxylic acids is 1. The van der Waals surface area contributed by atoms with E-state index in [4.69, 9.17) is 9.47 Å². The first-order valence-corrected chi connectivity index (χ1v) is 11.6. The third kappa shape index (κ3) is 26.7. The van der Waals surface area contributed by atoms with E-state index >= 15 is 0 Å². The molecule has 2 fully saturated rings. The van der Waals surface area contributed by atoms with Gasteiger partial charge in [-0.3, -0.25) is 10.1 Å². The summed E-state index contributed by atoms with van der Waals surface area (Å²) in [5, 5.41) is 11.8. The minimum atomic E-state index is -1.11. The Morgan fingerprint density at radius 2 is 1.84 bits per heavy atom. The summed E-state index contributed by atoms with van der Waals surface area (Å²) >= 11 is 0. The summed E-state index contributed by atoms with van der Waals surface area (Å²) in [4.78, 5) is 11.4. The molecule has 184 valence electrons. The fraction of sp³-hybridized carbons (Fsp3) is 0.792. The molecule has 0 spiro atoms. The SMILES string of the molecule is C1CC1.CC.CC/C=C(C)\C=C/COCF.CCOC(O)NC(C)C(=O)OCC1CC1. The molecule has 0 radical (unpaired) electrons. The van der Waals surface area contributed by atoms with Crippen LogP contribution in [0.4, 0.5) is 4.39 Å². The Balaban J connectivity index is 0. The molecule has 0 saturated heterocycles. The number of halogens is 1. The molecule has 2 unspecified atom stereocenters. The number of aliphatic hydroxyl groups excluding tert-OH is 1. The van der Waals surface area contributed by atoms with E-state index in [1.165, 1.54) is 24.8 Å². The Hall–Kier alpha value is -1.28. The van der Waals surface area contributed by atoms with Crippen molar-refractivity contribution in [3.05, 3.63) is 23.8 Å². The second kappa shape index (κ2) is 23.4. The van der Waals surface area contributed by atoms with Crippen molar-refractivity contribution in [3.8, 4) is 0 Å². The van der Waals surface area contributed by atoms with Gasteiger partial charge in [0.15, 0.2) is 6.86 Å². The van der Waals surface area contributed by atoms with Gasteiger partial charge in [0.2, 0.25) is 6.41 Å². The average molecular weight is 448 g/mol. The van der Waals surface area contributed by atoms with Crippen LogP contribution >= 0.6 is 0 Å². The van der Waals surface area contributed by atoms with Gasteiger partial charge in [0, 0.05) is 6.61 Å². The van der Waals surface area contributed by atoms with E-state index in [1.807, 2.05) is 26.8 Å². The predicted molar refractivity (Wildman–Crippen MR) is 124 cm³/mol. The molecule has 2 N–H and O–H groups in total. The average Bonchev–Trinajstić information content (AvgIpc) is 3.65. The summed E-state index contributed by atoms with van der Waals surface area (Å²) in [7, 11) is 0. The Kier molecular flexibility index (Phi) is 24.1. The van der Waals surface area contributed by atoms with E-state index in [1.54, 1.807) is 19.9 Å². The summed E-state index contributed by atoms with van der Waals surface area (Å²) in [6, 6.07) is -0.551. The molecule has 2 rings (SSSR count). The Bertz CT molecular complexity index is 462. The van der Waals surface area contributed by atoms with Crippen LogP contribution < -0.4 is 5.32 Å². The lowest BCUT2D eigenvalue weighted by Gasteiger charge is -2.17. The van der Waals surface area contributed by atoms with Gasteiger partial charge in [-0.2, -0.15) is 0 Å². The Morgan fingerprint density at radius 1 is 1.23 bits per heavy atom. The number of alkyl halides is 1. The number of hydrogen-bond donors (Lipinski definition) is 2. The van der Waals surface area contributed by atoms with Gasteiger partial charge in [-0.05, 0) is 46.0 Å². The van der Waals surface area contributed by atoms with E-state index in [9.17, 15) is 14.3 Å². The number of aliphatic hydroxyl groups is 1. The zero-order valence-corrected chi connectivity index (χ0v) is 20.5. The lowest BCUT2D eigenvalue weighted by molar-refractivity contribution is -0.155. The number of nitrogens with one attached hydrogen (secondary N) is 1. The first-order valence-electron chi connectivity index (χ1n) is 11.6. The maximum Gasteiger partial charge on any atom is 0.323 e. The van der Waals surface area contributed by atoms with Gasteiger partial charge in [0.1, 0.15) is 6.04 Å². The number of carbonyl (C=O) groups is 1. The molecule has 2 aliphatic carbocycles. The van der Waals surface area contributed by atoms with Crippen molar-refractivity contribution >= 4 is 5.97 Å². The number of allylic oxidation sites excluding steroid dienone is 3. The molecular weight excluding hydrogens is 401 g/mol. The van der Waals surface area contributed by atoms with Crippen molar-refractivity contribution in [2.24, 2.45) is 5.92 Å². The van der Waals surface area contributed by atoms with Crippen LogP contribution in [-0.2, 0) is 19.0 Å². The number of hydrogen-bond acceptors (Lipinski definition) is 6. The topological polar surface area (TPSA) is 77.0 Å². The molecule has 31 heavy (non-hydrogen) atoms. The molecular formula is C24H46FNO5. The van der Waals surface area contributed by atoms with Gasteiger partial charge >= 0.3 is 5.97 Å². The van der Waals surface area contributed by atoms with Gasteiger partial charge in [-0.25, -0.2) is 4.39 Å². The summed E-state index contributed by atoms with van der Waals surface area (Å²) in [5.74, 6) is 0.207. The zero-order chi connectivity index (χ0) is 23.9. The van der Waals surface area contributed by atoms with Gasteiger partial charge in [-0.1, -0.05) is 63.8 Å². The fourth-order valence-electron chi connectivity index (χ4n) is 1.83. The molecule has 0 aromatic heterocycles. The second-order valence-electron chi connectivity index (χ2n) is 7.07. The molecule has 7 heteroatoms. The minimum Gasteiger partial charge on any atom is -0.464 e. The molecule has 0 aromatic rings. The monoisotopic (exact) mass is 447 g/mol. The Morgan fingerprint density at radius 3 is 2.29 bits per heavy atom. The van der Waals surface area contributed by atoms with Crippen molar-refractivity contribution in [3.63, 3.8) is 0 Å². The third-order valence-corrected chi connectivity index (χ3v) is 3.78. The van der Waals surface area contributed by atoms with Crippen LogP contribution in [0, 0.1) is 5.92 Å². The van der Waals surface area contributed by atoms with Crippen LogP contribution in [0.25, 0.3) is 0 Å². The lowest BCUT2D eigenvalue weighted by Crippen LogP contribution is -2.43. The smallest absolute Gasteiger partial charge is 0.323 e. The molecule has 2 atom stereocenters. The minimum absolute atomic E-state index is 0.347. The van der Waals surface area contributed by atoms with Crippen LogP contribution in [-0.4, -0.2) is 50.2 Å². The van der Waals surface area contributed by atoms with E-state index in [0.29, 0.717) is 25.7 Å². The van der Waals surface area contributed by atoms with Gasteiger partial charge < -0.3 is 19.3 Å². The van der Waals surface area contributed by atoms with Crippen LogP contribution in [0.5, 0.6) is 0 Å². The fourth-order valence-corrected chi connectivity index (χ4v) is 1.83. The van der Waals surface area contributed by atoms with Gasteiger partial charge in [-0.15, -0.1) is 0 Å². The number of ether oxygens (including phenoxy) is 3. The van der Waals surface area contributed by atoms with Crippen LogP contribution in [0.2, 0.25) is 0 Å². The quantitative estimate of drug-likeness (QED) is 0.184. The summed E-state index contributed by atoms with van der Waals surface area (Å²) in [6.07, 6.45) is 12.6. The maximum absolute atomic E-state index is 11.4. The highest BCUT2D eigenvalue weighted by molar-refractivity contribution is 5.75. The van der Waals surface area contributed by atoms with E-state index in [2.05, 4.69) is 23.1 Å². The van der Waals surface area contributed by atoms with Crippen molar-refractivity contribution in [2.75, 3.05) is 26.7 Å². The summed E-state index contributed by atoms with van der Waals surface area (Å²) in [5.41, 5.74) is 1.19. The van der Waals surface area contributed by atoms with Gasteiger partial charge in [0.25, 0.3) is 0 Å². The van der Waals surface area contributed by atoms with Crippen LogP contribution in [0.3, 0.4) is 0 Å².